The van der Waals surface area contributed by atoms with Crippen LogP contribution in [0.4, 0.5) is 0 Å². The predicted molar refractivity (Wildman–Crippen MR) is 48.6 cm³/mol. The van der Waals surface area contributed by atoms with Crippen LogP contribution in [-0.4, -0.2) is 12.6 Å². The molecule has 2 unspecified atom stereocenters. The molecule has 1 heteroatoms. The lowest BCUT2D eigenvalue weighted by atomic mass is 9.93. The van der Waals surface area contributed by atoms with Crippen LogP contribution in [0.25, 0.3) is 0 Å². The van der Waals surface area contributed by atoms with E-state index in [1.165, 1.54) is 19.3 Å². The lowest BCUT2D eigenvalue weighted by molar-refractivity contribution is 0.353. The summed E-state index contributed by atoms with van der Waals surface area (Å²) in [5.74, 6) is 1.64. The van der Waals surface area contributed by atoms with E-state index >= 15 is 0 Å². The molecule has 0 amide bonds. The van der Waals surface area contributed by atoms with E-state index in [-0.39, 0.29) is 0 Å². The topological polar surface area (TPSA) is 14.1 Å². The van der Waals surface area contributed by atoms with Crippen LogP contribution < -0.4 is 5.32 Å². The first-order chi connectivity index (χ1) is 5.20. The summed E-state index contributed by atoms with van der Waals surface area (Å²) < 4.78 is 0. The number of hydrogen-bond acceptors (Lipinski definition) is 0. The molecule has 1 heterocycles. The maximum Gasteiger partial charge on any atom is 0.0271 e. The third-order valence-corrected chi connectivity index (χ3v) is 2.63. The van der Waals surface area contributed by atoms with Crippen molar-refractivity contribution < 1.29 is 0 Å². The second kappa shape index (κ2) is 4.10. The molecule has 0 saturated carbocycles. The smallest absolute Gasteiger partial charge is 0.0271 e. The van der Waals surface area contributed by atoms with Crippen molar-refractivity contribution in [2.45, 2.75) is 46.1 Å². The zero-order valence-electron chi connectivity index (χ0n) is 8.01. The van der Waals surface area contributed by atoms with Crippen molar-refractivity contribution in [2.24, 2.45) is 11.8 Å². The third kappa shape index (κ3) is 2.82. The third-order valence-electron chi connectivity index (χ3n) is 2.63. The van der Waals surface area contributed by atoms with E-state index in [0.29, 0.717) is 6.04 Å². The van der Waals surface area contributed by atoms with Gasteiger partial charge in [-0.3, -0.25) is 0 Å². The van der Waals surface area contributed by atoms with Crippen molar-refractivity contribution in [3.8, 4) is 0 Å². The minimum absolute atomic E-state index is 0.646. The van der Waals surface area contributed by atoms with E-state index in [0.717, 1.165) is 18.4 Å². The molecular formula is C10H20N. The van der Waals surface area contributed by atoms with Gasteiger partial charge in [0, 0.05) is 12.6 Å². The Balaban J connectivity index is 2.39. The van der Waals surface area contributed by atoms with Gasteiger partial charge < -0.3 is 0 Å². The van der Waals surface area contributed by atoms with Gasteiger partial charge in [-0.15, -0.1) is 0 Å². The highest BCUT2D eigenvalue weighted by Gasteiger charge is 2.19. The fraction of sp³-hybridized carbons (Fsp3) is 1.00. The van der Waals surface area contributed by atoms with E-state index in [1.807, 2.05) is 0 Å². The van der Waals surface area contributed by atoms with Crippen LogP contribution in [-0.2, 0) is 0 Å². The molecule has 0 N–H and O–H groups in total. The summed E-state index contributed by atoms with van der Waals surface area (Å²) in [5, 5.41) is 4.67. The molecule has 0 bridgehead atoms. The Bertz CT molecular complexity index is 109. The standard InChI is InChI=1S/C10H20N/c1-8(2)10-7-9(3)5-4-6-11-10/h8-10H,4-7H2,1-3H3. The Kier molecular flexibility index (Phi) is 3.38. The van der Waals surface area contributed by atoms with Crippen LogP contribution in [0.1, 0.15) is 40.0 Å². The molecule has 65 valence electrons. The molecule has 1 nitrogen and oxygen atoms in total. The van der Waals surface area contributed by atoms with Crippen LogP contribution in [0.3, 0.4) is 0 Å². The molecular weight excluding hydrogens is 134 g/mol. The van der Waals surface area contributed by atoms with Crippen molar-refractivity contribution >= 4 is 0 Å². The van der Waals surface area contributed by atoms with Crippen molar-refractivity contribution in [2.75, 3.05) is 6.54 Å². The van der Waals surface area contributed by atoms with Gasteiger partial charge in [0.15, 0.2) is 0 Å². The van der Waals surface area contributed by atoms with Crippen LogP contribution in [0.5, 0.6) is 0 Å². The summed E-state index contributed by atoms with van der Waals surface area (Å²) in [6, 6.07) is 0.646. The van der Waals surface area contributed by atoms with Gasteiger partial charge in [-0.2, -0.15) is 0 Å². The minimum Gasteiger partial charge on any atom is -0.238 e. The van der Waals surface area contributed by atoms with Gasteiger partial charge in [-0.1, -0.05) is 20.8 Å². The van der Waals surface area contributed by atoms with E-state index in [1.54, 1.807) is 0 Å². The van der Waals surface area contributed by atoms with E-state index in [4.69, 9.17) is 0 Å². The summed E-state index contributed by atoms with van der Waals surface area (Å²) in [4.78, 5) is 0. The average Bonchev–Trinajstić information content (AvgIpc) is 2.13. The minimum atomic E-state index is 0.646. The quantitative estimate of drug-likeness (QED) is 0.551. The zero-order chi connectivity index (χ0) is 8.27. The van der Waals surface area contributed by atoms with Crippen molar-refractivity contribution in [1.82, 2.24) is 5.32 Å². The second-order valence-electron chi connectivity index (χ2n) is 4.20. The SMILES string of the molecule is CC1CCC[N]C(C(C)C)C1. The van der Waals surface area contributed by atoms with Gasteiger partial charge in [0.05, 0.1) is 0 Å². The Morgan fingerprint density at radius 3 is 2.73 bits per heavy atom. The first-order valence-corrected chi connectivity index (χ1v) is 4.86. The van der Waals surface area contributed by atoms with E-state index in [2.05, 4.69) is 26.1 Å². The van der Waals surface area contributed by atoms with Crippen molar-refractivity contribution in [3.63, 3.8) is 0 Å². The molecule has 0 aliphatic carbocycles. The first kappa shape index (κ1) is 9.05. The fourth-order valence-electron chi connectivity index (χ4n) is 1.78. The predicted octanol–water partition coefficient (Wildman–Crippen LogP) is 2.44. The van der Waals surface area contributed by atoms with Gasteiger partial charge in [0.2, 0.25) is 0 Å². The number of hydrogen-bond donors (Lipinski definition) is 0. The van der Waals surface area contributed by atoms with Crippen LogP contribution in [0.15, 0.2) is 0 Å². The first-order valence-electron chi connectivity index (χ1n) is 4.86. The summed E-state index contributed by atoms with van der Waals surface area (Å²) in [6.45, 7) is 8.03. The average molecular weight is 154 g/mol. The molecule has 11 heavy (non-hydrogen) atoms. The molecule has 1 rings (SSSR count). The van der Waals surface area contributed by atoms with Gasteiger partial charge in [-0.25, -0.2) is 5.32 Å². The largest absolute Gasteiger partial charge is 0.238 e. The van der Waals surface area contributed by atoms with Crippen LogP contribution in [0, 0.1) is 11.8 Å². The van der Waals surface area contributed by atoms with Gasteiger partial charge >= 0.3 is 0 Å². The molecule has 1 radical (unpaired) electrons. The molecule has 0 aromatic carbocycles. The lowest BCUT2D eigenvalue weighted by Gasteiger charge is -2.19. The zero-order valence-corrected chi connectivity index (χ0v) is 8.01. The van der Waals surface area contributed by atoms with Gasteiger partial charge in [0.25, 0.3) is 0 Å². The molecule has 0 aromatic heterocycles. The van der Waals surface area contributed by atoms with Crippen molar-refractivity contribution in [3.05, 3.63) is 0 Å². The molecule has 1 fully saturated rings. The highest BCUT2D eigenvalue weighted by Crippen LogP contribution is 2.21. The van der Waals surface area contributed by atoms with E-state index < -0.39 is 0 Å². The Morgan fingerprint density at radius 2 is 2.09 bits per heavy atom. The van der Waals surface area contributed by atoms with Crippen LogP contribution in [0.2, 0.25) is 0 Å². The highest BCUT2D eigenvalue weighted by molar-refractivity contribution is 4.76. The van der Waals surface area contributed by atoms with E-state index in [9.17, 15) is 0 Å². The molecule has 1 aliphatic heterocycles. The maximum atomic E-state index is 4.67. The summed E-state index contributed by atoms with van der Waals surface area (Å²) >= 11 is 0. The Morgan fingerprint density at radius 1 is 1.36 bits per heavy atom. The van der Waals surface area contributed by atoms with Crippen LogP contribution >= 0.6 is 0 Å². The normalized spacial score (nSPS) is 33.8. The Labute approximate surface area is 70.6 Å². The highest BCUT2D eigenvalue weighted by atomic mass is 14.9. The lowest BCUT2D eigenvalue weighted by Crippen LogP contribution is -2.27. The van der Waals surface area contributed by atoms with Gasteiger partial charge in [-0.05, 0) is 31.1 Å². The maximum absolute atomic E-state index is 4.67. The summed E-state index contributed by atoms with van der Waals surface area (Å²) in [7, 11) is 0. The second-order valence-corrected chi connectivity index (χ2v) is 4.20. The molecule has 0 spiro atoms. The fourth-order valence-corrected chi connectivity index (χ4v) is 1.78. The Hall–Kier alpha value is -0.0400. The molecule has 1 saturated heterocycles. The number of nitrogens with zero attached hydrogens (tertiary/aromatic N) is 1. The van der Waals surface area contributed by atoms with Gasteiger partial charge in [0.1, 0.15) is 0 Å². The monoisotopic (exact) mass is 154 g/mol. The number of rotatable bonds is 1. The molecule has 1 aliphatic rings. The summed E-state index contributed by atoms with van der Waals surface area (Å²) in [5.41, 5.74) is 0. The summed E-state index contributed by atoms with van der Waals surface area (Å²) in [6.07, 6.45) is 4.01. The molecule has 2 atom stereocenters. The van der Waals surface area contributed by atoms with Crippen molar-refractivity contribution in [1.29, 1.82) is 0 Å². The molecule has 0 aromatic rings.